The van der Waals surface area contributed by atoms with Gasteiger partial charge in [-0.1, -0.05) is 23.8 Å². The van der Waals surface area contributed by atoms with E-state index in [1.807, 2.05) is 0 Å². The third-order valence-electron chi connectivity index (χ3n) is 3.62. The molecule has 100 valence electrons. The minimum atomic E-state index is 1.02. The first-order chi connectivity index (χ1) is 8.75. The van der Waals surface area contributed by atoms with Gasteiger partial charge in [0.05, 0.1) is 0 Å². The van der Waals surface area contributed by atoms with E-state index in [0.717, 1.165) is 45.8 Å². The lowest BCUT2D eigenvalue weighted by atomic mass is 10.0. The van der Waals surface area contributed by atoms with E-state index < -0.39 is 0 Å². The number of piperazine rings is 1. The fourth-order valence-electron chi connectivity index (χ4n) is 2.40. The Morgan fingerprint density at radius 2 is 2.00 bits per heavy atom. The summed E-state index contributed by atoms with van der Waals surface area (Å²) in [6.45, 7) is 11.0. The van der Waals surface area contributed by atoms with E-state index in [1.54, 1.807) is 0 Å². The fourth-order valence-corrected chi connectivity index (χ4v) is 2.40. The van der Waals surface area contributed by atoms with E-state index in [0.29, 0.717) is 0 Å². The van der Waals surface area contributed by atoms with Crippen LogP contribution in [-0.2, 0) is 6.42 Å². The summed E-state index contributed by atoms with van der Waals surface area (Å²) in [5, 5.41) is 6.92. The Labute approximate surface area is 111 Å². The van der Waals surface area contributed by atoms with Crippen molar-refractivity contribution in [2.24, 2.45) is 0 Å². The Kier molecular flexibility index (Phi) is 5.17. The van der Waals surface area contributed by atoms with Crippen molar-refractivity contribution in [1.29, 1.82) is 0 Å². The molecule has 0 spiro atoms. The van der Waals surface area contributed by atoms with Crippen LogP contribution in [0.3, 0.4) is 0 Å². The highest BCUT2D eigenvalue weighted by Crippen LogP contribution is 2.10. The van der Waals surface area contributed by atoms with Crippen molar-refractivity contribution >= 4 is 0 Å². The molecule has 0 aromatic heterocycles. The summed E-state index contributed by atoms with van der Waals surface area (Å²) in [5.74, 6) is 0. The Bertz CT molecular complexity index is 370. The molecule has 0 bridgehead atoms. The van der Waals surface area contributed by atoms with E-state index in [2.05, 4.69) is 47.6 Å². The van der Waals surface area contributed by atoms with Gasteiger partial charge in [0.15, 0.2) is 0 Å². The van der Waals surface area contributed by atoms with Crippen LogP contribution >= 0.6 is 0 Å². The lowest BCUT2D eigenvalue weighted by molar-refractivity contribution is 0.224. The zero-order chi connectivity index (χ0) is 12.8. The second-order valence-corrected chi connectivity index (χ2v) is 5.21. The molecule has 2 rings (SSSR count). The van der Waals surface area contributed by atoms with Gasteiger partial charge in [-0.25, -0.2) is 0 Å². The summed E-state index contributed by atoms with van der Waals surface area (Å²) in [6.07, 6.45) is 1.12. The number of rotatable bonds is 5. The first-order valence-corrected chi connectivity index (χ1v) is 6.95. The average molecular weight is 247 g/mol. The third-order valence-corrected chi connectivity index (χ3v) is 3.62. The molecule has 1 saturated heterocycles. The quantitative estimate of drug-likeness (QED) is 0.768. The van der Waals surface area contributed by atoms with E-state index in [4.69, 9.17) is 0 Å². The first-order valence-electron chi connectivity index (χ1n) is 6.95. The van der Waals surface area contributed by atoms with Gasteiger partial charge in [-0.15, -0.1) is 0 Å². The maximum absolute atomic E-state index is 3.55. The number of hydrogen-bond donors (Lipinski definition) is 2. The number of nitrogens with one attached hydrogen (secondary N) is 2. The molecule has 18 heavy (non-hydrogen) atoms. The Morgan fingerprint density at radius 3 is 2.78 bits per heavy atom. The second kappa shape index (κ2) is 6.88. The van der Waals surface area contributed by atoms with Crippen molar-refractivity contribution in [1.82, 2.24) is 15.5 Å². The number of benzene rings is 1. The van der Waals surface area contributed by atoms with Gasteiger partial charge < -0.3 is 10.6 Å². The van der Waals surface area contributed by atoms with Crippen molar-refractivity contribution in [2.75, 3.05) is 39.4 Å². The van der Waals surface area contributed by atoms with Crippen molar-refractivity contribution in [3.05, 3.63) is 34.9 Å². The van der Waals surface area contributed by atoms with Crippen molar-refractivity contribution in [3.8, 4) is 0 Å². The van der Waals surface area contributed by atoms with Crippen LogP contribution < -0.4 is 10.6 Å². The Hall–Kier alpha value is -0.900. The van der Waals surface area contributed by atoms with Gasteiger partial charge in [-0.05, 0) is 31.4 Å². The van der Waals surface area contributed by atoms with E-state index in [1.165, 1.54) is 16.7 Å². The zero-order valence-electron chi connectivity index (χ0n) is 11.6. The van der Waals surface area contributed by atoms with Crippen LogP contribution in [0.4, 0.5) is 0 Å². The van der Waals surface area contributed by atoms with Crippen LogP contribution in [0, 0.1) is 13.8 Å². The van der Waals surface area contributed by atoms with Crippen molar-refractivity contribution in [2.45, 2.75) is 20.3 Å². The molecule has 1 aliphatic rings. The molecule has 1 aromatic carbocycles. The predicted octanol–water partition coefficient (Wildman–Crippen LogP) is 1.30. The molecule has 2 N–H and O–H groups in total. The highest BCUT2D eigenvalue weighted by atomic mass is 15.2. The normalized spacial score (nSPS) is 17.0. The molecular weight excluding hydrogens is 222 g/mol. The molecule has 0 radical (unpaired) electrons. The monoisotopic (exact) mass is 247 g/mol. The SMILES string of the molecule is Cc1ccc(C)c(CCNCN2CCNCC2)c1. The average Bonchev–Trinajstić information content (AvgIpc) is 2.40. The van der Waals surface area contributed by atoms with E-state index >= 15 is 0 Å². The second-order valence-electron chi connectivity index (χ2n) is 5.21. The van der Waals surface area contributed by atoms with Crippen LogP contribution in [0.2, 0.25) is 0 Å². The molecule has 3 heteroatoms. The largest absolute Gasteiger partial charge is 0.314 e. The Morgan fingerprint density at radius 1 is 1.22 bits per heavy atom. The molecule has 1 aromatic rings. The fraction of sp³-hybridized carbons (Fsp3) is 0.600. The molecular formula is C15H25N3. The van der Waals surface area contributed by atoms with E-state index in [-0.39, 0.29) is 0 Å². The van der Waals surface area contributed by atoms with Crippen LogP contribution in [0.5, 0.6) is 0 Å². The predicted molar refractivity (Wildman–Crippen MR) is 76.9 cm³/mol. The zero-order valence-corrected chi connectivity index (χ0v) is 11.6. The van der Waals surface area contributed by atoms with Gasteiger partial charge >= 0.3 is 0 Å². The van der Waals surface area contributed by atoms with Gasteiger partial charge in [0.25, 0.3) is 0 Å². The molecule has 0 aliphatic carbocycles. The van der Waals surface area contributed by atoms with Crippen LogP contribution in [0.25, 0.3) is 0 Å². The summed E-state index contributed by atoms with van der Waals surface area (Å²) in [4.78, 5) is 2.47. The standard InChI is InChI=1S/C15H25N3/c1-13-3-4-14(2)15(11-13)5-6-17-12-18-9-7-16-8-10-18/h3-4,11,16-17H,5-10,12H2,1-2H3. The summed E-state index contributed by atoms with van der Waals surface area (Å²) < 4.78 is 0. The van der Waals surface area contributed by atoms with Gasteiger partial charge in [0.1, 0.15) is 0 Å². The summed E-state index contributed by atoms with van der Waals surface area (Å²) in [6, 6.07) is 6.72. The van der Waals surface area contributed by atoms with Crippen molar-refractivity contribution in [3.63, 3.8) is 0 Å². The van der Waals surface area contributed by atoms with Crippen LogP contribution in [0.1, 0.15) is 16.7 Å². The molecule has 0 saturated carbocycles. The first kappa shape index (κ1) is 13.5. The lowest BCUT2D eigenvalue weighted by Gasteiger charge is -2.27. The van der Waals surface area contributed by atoms with Gasteiger partial charge in [-0.2, -0.15) is 0 Å². The van der Waals surface area contributed by atoms with Gasteiger partial charge in [0, 0.05) is 39.4 Å². The third kappa shape index (κ3) is 4.09. The summed E-state index contributed by atoms with van der Waals surface area (Å²) >= 11 is 0. The minimum absolute atomic E-state index is 1.02. The number of nitrogens with zero attached hydrogens (tertiary/aromatic N) is 1. The molecule has 1 aliphatic heterocycles. The smallest absolute Gasteiger partial charge is 0.0481 e. The van der Waals surface area contributed by atoms with E-state index in [9.17, 15) is 0 Å². The topological polar surface area (TPSA) is 27.3 Å². The molecule has 0 atom stereocenters. The lowest BCUT2D eigenvalue weighted by Crippen LogP contribution is -2.47. The molecule has 0 unspecified atom stereocenters. The van der Waals surface area contributed by atoms with Crippen LogP contribution in [0.15, 0.2) is 18.2 Å². The highest BCUT2D eigenvalue weighted by molar-refractivity contribution is 5.30. The maximum Gasteiger partial charge on any atom is 0.0481 e. The molecule has 1 fully saturated rings. The highest BCUT2D eigenvalue weighted by Gasteiger charge is 2.08. The molecule has 0 amide bonds. The maximum atomic E-state index is 3.55. The summed E-state index contributed by atoms with van der Waals surface area (Å²) in [5.41, 5.74) is 4.24. The molecule has 1 heterocycles. The minimum Gasteiger partial charge on any atom is -0.314 e. The number of hydrogen-bond acceptors (Lipinski definition) is 3. The Balaban J connectivity index is 1.69. The summed E-state index contributed by atoms with van der Waals surface area (Å²) in [7, 11) is 0. The van der Waals surface area contributed by atoms with Gasteiger partial charge in [-0.3, -0.25) is 4.90 Å². The number of aryl methyl sites for hydroxylation is 2. The van der Waals surface area contributed by atoms with Crippen LogP contribution in [-0.4, -0.2) is 44.3 Å². The van der Waals surface area contributed by atoms with Gasteiger partial charge in [0.2, 0.25) is 0 Å². The molecule has 3 nitrogen and oxygen atoms in total. The van der Waals surface area contributed by atoms with Crippen molar-refractivity contribution < 1.29 is 0 Å².